The highest BCUT2D eigenvalue weighted by Gasteiger charge is 2.43. The number of nitrogens with zero attached hydrogens (tertiary/aromatic N) is 3. The molecule has 0 bridgehead atoms. The molecule has 1 saturated carbocycles. The fraction of sp³-hybridized carbons (Fsp3) is 0.500. The first-order valence-electron chi connectivity index (χ1n) is 9.35. The van der Waals surface area contributed by atoms with Crippen LogP contribution in [0.4, 0.5) is 4.39 Å². The van der Waals surface area contributed by atoms with Gasteiger partial charge in [0.2, 0.25) is 5.91 Å². The molecule has 27 heavy (non-hydrogen) atoms. The highest BCUT2D eigenvalue weighted by atomic mass is 19.1. The molecule has 1 aliphatic heterocycles. The molecule has 2 fully saturated rings. The summed E-state index contributed by atoms with van der Waals surface area (Å²) in [6.07, 6.45) is 3.90. The van der Waals surface area contributed by atoms with Crippen molar-refractivity contribution < 1.29 is 19.0 Å². The van der Waals surface area contributed by atoms with Crippen LogP contribution in [0.2, 0.25) is 0 Å². The molecule has 1 N–H and O–H groups in total. The number of fused-ring (bicyclic) bond motifs is 1. The molecule has 144 valence electrons. The standard InChI is InChI=1S/C20H24FN3O3/c1-13-22-6-7-23(13)12-20(26)24-10-14-8-18(25)19(9-15(14)11-24)27-17-4-2-16(21)3-5-17/h2-7,14-15,18-19,25H,8-12H2,1H3/t14-,15+,18+,19+/m0/s1. The summed E-state index contributed by atoms with van der Waals surface area (Å²) >= 11 is 0. The van der Waals surface area contributed by atoms with Crippen LogP contribution in [-0.2, 0) is 11.3 Å². The van der Waals surface area contributed by atoms with Crippen molar-refractivity contribution in [2.75, 3.05) is 13.1 Å². The number of hydrogen-bond acceptors (Lipinski definition) is 4. The average Bonchev–Trinajstić information content (AvgIpc) is 3.23. The van der Waals surface area contributed by atoms with E-state index in [1.165, 1.54) is 12.1 Å². The summed E-state index contributed by atoms with van der Waals surface area (Å²) in [6.45, 7) is 3.54. The Morgan fingerprint density at radius 1 is 1.26 bits per heavy atom. The van der Waals surface area contributed by atoms with Crippen molar-refractivity contribution in [1.82, 2.24) is 14.5 Å². The molecule has 2 aliphatic rings. The van der Waals surface area contributed by atoms with E-state index >= 15 is 0 Å². The van der Waals surface area contributed by atoms with Gasteiger partial charge in [-0.15, -0.1) is 0 Å². The maximum absolute atomic E-state index is 13.0. The maximum Gasteiger partial charge on any atom is 0.242 e. The van der Waals surface area contributed by atoms with Gasteiger partial charge >= 0.3 is 0 Å². The lowest BCUT2D eigenvalue weighted by atomic mass is 9.78. The number of aliphatic hydroxyl groups is 1. The van der Waals surface area contributed by atoms with Gasteiger partial charge in [-0.2, -0.15) is 0 Å². The quantitative estimate of drug-likeness (QED) is 0.890. The van der Waals surface area contributed by atoms with Gasteiger partial charge in [-0.25, -0.2) is 9.37 Å². The van der Waals surface area contributed by atoms with E-state index in [1.54, 1.807) is 18.3 Å². The Labute approximate surface area is 157 Å². The third-order valence-corrected chi connectivity index (χ3v) is 5.77. The van der Waals surface area contributed by atoms with Gasteiger partial charge in [-0.3, -0.25) is 4.79 Å². The van der Waals surface area contributed by atoms with Crippen molar-refractivity contribution in [3.8, 4) is 5.75 Å². The van der Waals surface area contributed by atoms with Crippen molar-refractivity contribution in [3.63, 3.8) is 0 Å². The molecule has 4 rings (SSSR count). The second-order valence-corrected chi connectivity index (χ2v) is 7.57. The van der Waals surface area contributed by atoms with Gasteiger partial charge in [0.25, 0.3) is 0 Å². The minimum Gasteiger partial charge on any atom is -0.488 e. The van der Waals surface area contributed by atoms with E-state index in [0.29, 0.717) is 50.1 Å². The van der Waals surface area contributed by atoms with E-state index in [-0.39, 0.29) is 17.8 Å². The SMILES string of the molecule is Cc1nccn1CC(=O)N1C[C@H]2C[C@@H](Oc3ccc(F)cc3)[C@H](O)C[C@H]2C1. The molecule has 2 heterocycles. The fourth-order valence-corrected chi connectivity index (χ4v) is 4.23. The molecule has 4 atom stereocenters. The number of amides is 1. The van der Waals surface area contributed by atoms with Crippen molar-refractivity contribution in [2.45, 2.75) is 38.5 Å². The Kier molecular flexibility index (Phi) is 4.86. The Balaban J connectivity index is 1.37. The van der Waals surface area contributed by atoms with Crippen molar-refractivity contribution in [3.05, 3.63) is 48.3 Å². The molecular weight excluding hydrogens is 349 g/mol. The number of carbonyl (C=O) groups excluding carboxylic acids is 1. The number of ether oxygens (including phenoxy) is 1. The largest absolute Gasteiger partial charge is 0.488 e. The number of likely N-dealkylation sites (tertiary alicyclic amines) is 1. The first-order chi connectivity index (χ1) is 13.0. The number of aryl methyl sites for hydroxylation is 1. The van der Waals surface area contributed by atoms with E-state index in [4.69, 9.17) is 4.74 Å². The molecule has 2 aromatic rings. The van der Waals surface area contributed by atoms with Crippen LogP contribution < -0.4 is 4.74 Å². The maximum atomic E-state index is 13.0. The molecule has 0 radical (unpaired) electrons. The van der Waals surface area contributed by atoms with Crippen LogP contribution in [0.15, 0.2) is 36.7 Å². The van der Waals surface area contributed by atoms with Crippen molar-refractivity contribution in [2.24, 2.45) is 11.8 Å². The molecule has 7 heteroatoms. The topological polar surface area (TPSA) is 67.6 Å². The van der Waals surface area contributed by atoms with Crippen LogP contribution in [0.1, 0.15) is 18.7 Å². The number of aromatic nitrogens is 2. The second kappa shape index (κ2) is 7.31. The summed E-state index contributed by atoms with van der Waals surface area (Å²) in [6, 6.07) is 5.85. The molecular formula is C20H24FN3O3. The summed E-state index contributed by atoms with van der Waals surface area (Å²) in [5.41, 5.74) is 0. The van der Waals surface area contributed by atoms with Gasteiger partial charge in [0.1, 0.15) is 30.0 Å². The van der Waals surface area contributed by atoms with Crippen LogP contribution in [0.25, 0.3) is 0 Å². The van der Waals surface area contributed by atoms with Gasteiger partial charge in [-0.1, -0.05) is 0 Å². The summed E-state index contributed by atoms with van der Waals surface area (Å²) < 4.78 is 20.8. The minimum absolute atomic E-state index is 0.0796. The number of imidazole rings is 1. The summed E-state index contributed by atoms with van der Waals surface area (Å²) in [7, 11) is 0. The number of rotatable bonds is 4. The van der Waals surface area contributed by atoms with Crippen LogP contribution in [0, 0.1) is 24.6 Å². The van der Waals surface area contributed by atoms with Crippen molar-refractivity contribution >= 4 is 5.91 Å². The smallest absolute Gasteiger partial charge is 0.242 e. The number of benzene rings is 1. The zero-order chi connectivity index (χ0) is 19.0. The predicted octanol–water partition coefficient (Wildman–Crippen LogP) is 2.01. The Hall–Kier alpha value is -2.41. The van der Waals surface area contributed by atoms with Crippen LogP contribution in [0.3, 0.4) is 0 Å². The van der Waals surface area contributed by atoms with E-state index in [1.807, 2.05) is 22.6 Å². The second-order valence-electron chi connectivity index (χ2n) is 7.57. The molecule has 1 amide bonds. The number of hydrogen-bond donors (Lipinski definition) is 1. The Morgan fingerprint density at radius 2 is 1.96 bits per heavy atom. The summed E-state index contributed by atoms with van der Waals surface area (Å²) in [5.74, 6) is 1.75. The van der Waals surface area contributed by atoms with Crippen molar-refractivity contribution in [1.29, 1.82) is 0 Å². The molecule has 1 aromatic carbocycles. The number of halogens is 1. The molecule has 1 aromatic heterocycles. The van der Waals surface area contributed by atoms with E-state index in [0.717, 1.165) is 5.82 Å². The molecule has 6 nitrogen and oxygen atoms in total. The highest BCUT2D eigenvalue weighted by Crippen LogP contribution is 2.38. The fourth-order valence-electron chi connectivity index (χ4n) is 4.23. The number of aliphatic hydroxyl groups excluding tert-OH is 1. The molecule has 1 aliphatic carbocycles. The minimum atomic E-state index is -0.581. The first kappa shape index (κ1) is 18.0. The molecule has 0 unspecified atom stereocenters. The van der Waals surface area contributed by atoms with E-state index in [9.17, 15) is 14.3 Å². The highest BCUT2D eigenvalue weighted by molar-refractivity contribution is 5.76. The van der Waals surface area contributed by atoms with E-state index in [2.05, 4.69) is 4.98 Å². The van der Waals surface area contributed by atoms with Gasteiger partial charge < -0.3 is 19.3 Å². The van der Waals surface area contributed by atoms with Gasteiger partial charge in [-0.05, 0) is 55.9 Å². The lowest BCUT2D eigenvalue weighted by Gasteiger charge is -2.35. The number of carbonyl (C=O) groups is 1. The van der Waals surface area contributed by atoms with Crippen LogP contribution in [0.5, 0.6) is 5.75 Å². The predicted molar refractivity (Wildman–Crippen MR) is 96.6 cm³/mol. The lowest BCUT2D eigenvalue weighted by molar-refractivity contribution is -0.131. The molecule has 1 saturated heterocycles. The van der Waals surface area contributed by atoms with Crippen LogP contribution in [-0.4, -0.2) is 50.8 Å². The summed E-state index contributed by atoms with van der Waals surface area (Å²) in [4.78, 5) is 18.7. The molecule has 0 spiro atoms. The zero-order valence-corrected chi connectivity index (χ0v) is 15.3. The normalized spacial score (nSPS) is 27.4. The lowest BCUT2D eigenvalue weighted by Crippen LogP contribution is -2.42. The van der Waals surface area contributed by atoms with Gasteiger partial charge in [0.15, 0.2) is 0 Å². The first-order valence-corrected chi connectivity index (χ1v) is 9.35. The zero-order valence-electron chi connectivity index (χ0n) is 15.3. The van der Waals surface area contributed by atoms with Gasteiger partial charge in [0, 0.05) is 25.5 Å². The monoisotopic (exact) mass is 373 g/mol. The van der Waals surface area contributed by atoms with Crippen LogP contribution >= 0.6 is 0 Å². The third-order valence-electron chi connectivity index (χ3n) is 5.77. The van der Waals surface area contributed by atoms with Gasteiger partial charge in [0.05, 0.1) is 6.10 Å². The summed E-state index contributed by atoms with van der Waals surface area (Å²) in [5, 5.41) is 10.5. The third kappa shape index (κ3) is 3.83. The Morgan fingerprint density at radius 3 is 2.63 bits per heavy atom. The average molecular weight is 373 g/mol. The Bertz CT molecular complexity index is 807. The van der Waals surface area contributed by atoms with E-state index < -0.39 is 6.10 Å².